The van der Waals surface area contributed by atoms with Gasteiger partial charge >= 0.3 is 11.7 Å². The van der Waals surface area contributed by atoms with Gasteiger partial charge in [0.15, 0.2) is 18.1 Å². The molecule has 2 aliphatic heterocycles. The molecule has 1 saturated heterocycles. The van der Waals surface area contributed by atoms with Gasteiger partial charge in [-0.05, 0) is 44.4 Å². The highest BCUT2D eigenvalue weighted by molar-refractivity contribution is 5.81. The van der Waals surface area contributed by atoms with Crippen LogP contribution in [0.25, 0.3) is 0 Å². The second-order valence-corrected chi connectivity index (χ2v) is 7.74. The summed E-state index contributed by atoms with van der Waals surface area (Å²) in [5, 5.41) is 15.1. The summed E-state index contributed by atoms with van der Waals surface area (Å²) < 4.78 is 17.6. The first-order valence-electron chi connectivity index (χ1n) is 10.4. The Kier molecular flexibility index (Phi) is 5.97. The Morgan fingerprint density at radius 1 is 1.25 bits per heavy atom. The number of hydrogen-bond acceptors (Lipinski definition) is 8. The molecule has 0 bridgehead atoms. The largest absolute Gasteiger partial charge is 0.486 e. The molecule has 0 spiro atoms. The van der Waals surface area contributed by atoms with Crippen LogP contribution in [-0.4, -0.2) is 57.8 Å². The highest BCUT2D eigenvalue weighted by Crippen LogP contribution is 2.38. The lowest BCUT2D eigenvalue weighted by atomic mass is 10.0. The number of carbonyl (C=O) groups excluding carboxylic acids is 2. The fourth-order valence-electron chi connectivity index (χ4n) is 4.18. The van der Waals surface area contributed by atoms with Gasteiger partial charge in [0.25, 0.3) is 5.91 Å². The predicted molar refractivity (Wildman–Crippen MR) is 110 cm³/mol. The van der Waals surface area contributed by atoms with Gasteiger partial charge in [-0.25, -0.2) is 0 Å². The van der Waals surface area contributed by atoms with Crippen molar-refractivity contribution in [3.8, 4) is 11.5 Å². The van der Waals surface area contributed by atoms with Crippen LogP contribution in [0.4, 0.5) is 5.69 Å². The lowest BCUT2D eigenvalue weighted by molar-refractivity contribution is -0.386. The van der Waals surface area contributed by atoms with Crippen molar-refractivity contribution in [1.29, 1.82) is 0 Å². The quantitative estimate of drug-likeness (QED) is 0.377. The molecule has 1 unspecified atom stereocenters. The number of hydrogen-bond donors (Lipinski definition) is 0. The molecule has 4 rings (SSSR count). The molecule has 0 aliphatic carbocycles. The predicted octanol–water partition coefficient (Wildman–Crippen LogP) is 2.09. The van der Waals surface area contributed by atoms with Crippen molar-refractivity contribution in [2.24, 2.45) is 0 Å². The number of rotatable bonds is 6. The number of amides is 1. The number of aryl methyl sites for hydroxylation is 1. The van der Waals surface area contributed by atoms with Gasteiger partial charge in [0.1, 0.15) is 31.1 Å². The highest BCUT2D eigenvalue weighted by atomic mass is 16.6. The fraction of sp³-hybridized carbons (Fsp3) is 0.476. The van der Waals surface area contributed by atoms with Crippen molar-refractivity contribution in [2.45, 2.75) is 39.3 Å². The summed E-state index contributed by atoms with van der Waals surface area (Å²) in [4.78, 5) is 37.3. The van der Waals surface area contributed by atoms with Crippen LogP contribution >= 0.6 is 0 Å². The minimum atomic E-state index is -0.686. The number of fused-ring (bicyclic) bond motifs is 1. The van der Waals surface area contributed by atoms with E-state index < -0.39 is 17.5 Å². The molecular weight excluding hydrogens is 420 g/mol. The average molecular weight is 444 g/mol. The van der Waals surface area contributed by atoms with Gasteiger partial charge in [-0.15, -0.1) is 0 Å². The minimum Gasteiger partial charge on any atom is -0.486 e. The molecule has 1 fully saturated rings. The summed E-state index contributed by atoms with van der Waals surface area (Å²) in [6.45, 7) is 3.87. The van der Waals surface area contributed by atoms with Crippen molar-refractivity contribution >= 4 is 17.6 Å². The van der Waals surface area contributed by atoms with E-state index in [4.69, 9.17) is 14.2 Å². The second kappa shape index (κ2) is 8.85. The van der Waals surface area contributed by atoms with Crippen LogP contribution in [0.1, 0.15) is 35.8 Å². The maximum atomic E-state index is 12.8. The molecule has 0 radical (unpaired) electrons. The first-order valence-corrected chi connectivity index (χ1v) is 10.4. The molecule has 0 N–H and O–H groups in total. The molecule has 32 heavy (non-hydrogen) atoms. The third-order valence-electron chi connectivity index (χ3n) is 5.69. The van der Waals surface area contributed by atoms with Gasteiger partial charge in [0.05, 0.1) is 11.0 Å². The van der Waals surface area contributed by atoms with E-state index in [2.05, 4.69) is 5.10 Å². The van der Waals surface area contributed by atoms with Crippen LogP contribution in [0.5, 0.6) is 11.5 Å². The lowest BCUT2D eigenvalue weighted by Gasteiger charge is -2.26. The zero-order valence-electron chi connectivity index (χ0n) is 17.9. The Morgan fingerprint density at radius 2 is 2.00 bits per heavy atom. The average Bonchev–Trinajstić information content (AvgIpc) is 3.36. The summed E-state index contributed by atoms with van der Waals surface area (Å²) in [6.07, 6.45) is 1.64. The van der Waals surface area contributed by atoms with E-state index in [1.807, 2.05) is 18.2 Å². The summed E-state index contributed by atoms with van der Waals surface area (Å²) in [5.74, 6) is 0.372. The Labute approximate surface area is 184 Å². The van der Waals surface area contributed by atoms with Crippen LogP contribution in [0.3, 0.4) is 0 Å². The summed E-state index contributed by atoms with van der Waals surface area (Å²) >= 11 is 0. The second-order valence-electron chi connectivity index (χ2n) is 7.74. The zero-order valence-corrected chi connectivity index (χ0v) is 17.9. The Hall–Kier alpha value is -3.63. The SMILES string of the molecule is Cc1nn(CC(=O)OCC(=O)N2CCCC2c2ccc3c(c2)OCCO3)c(C)c1[N+](=O)[O-]. The van der Waals surface area contributed by atoms with Gasteiger partial charge in [-0.1, -0.05) is 6.07 Å². The molecule has 1 atom stereocenters. The first-order chi connectivity index (χ1) is 15.3. The number of nitro groups is 1. The molecule has 1 aromatic carbocycles. The number of aromatic nitrogens is 2. The topological polar surface area (TPSA) is 126 Å². The Morgan fingerprint density at radius 3 is 2.72 bits per heavy atom. The number of ether oxygens (including phenoxy) is 3. The molecule has 1 aromatic heterocycles. The minimum absolute atomic E-state index is 0.129. The van der Waals surface area contributed by atoms with Gasteiger partial charge in [-0.2, -0.15) is 5.10 Å². The smallest absolute Gasteiger partial charge is 0.328 e. The van der Waals surface area contributed by atoms with Crippen LogP contribution in [0.2, 0.25) is 0 Å². The van der Waals surface area contributed by atoms with Crippen LogP contribution in [-0.2, 0) is 20.9 Å². The normalized spacial score (nSPS) is 17.3. The standard InChI is InChI=1S/C21H24N4O7/c1-13-21(25(28)29)14(2)24(22-13)11-20(27)32-12-19(26)23-7-3-4-16(23)15-5-6-17-18(10-15)31-9-8-30-17/h5-6,10,16H,3-4,7-9,11-12H2,1-2H3. The number of esters is 1. The summed E-state index contributed by atoms with van der Waals surface area (Å²) in [5.41, 5.74) is 1.29. The van der Waals surface area contributed by atoms with E-state index in [0.717, 1.165) is 18.4 Å². The monoisotopic (exact) mass is 444 g/mol. The number of likely N-dealkylation sites (tertiary alicyclic amines) is 1. The van der Waals surface area contributed by atoms with Crippen molar-refractivity contribution in [2.75, 3.05) is 26.4 Å². The molecule has 2 aliphatic rings. The molecule has 11 heteroatoms. The molecule has 3 heterocycles. The molecule has 0 saturated carbocycles. The third kappa shape index (κ3) is 4.23. The van der Waals surface area contributed by atoms with Crippen LogP contribution in [0, 0.1) is 24.0 Å². The van der Waals surface area contributed by atoms with E-state index in [9.17, 15) is 19.7 Å². The van der Waals surface area contributed by atoms with Gasteiger partial charge in [0.2, 0.25) is 0 Å². The van der Waals surface area contributed by atoms with Gasteiger partial charge in [0, 0.05) is 6.54 Å². The molecule has 1 amide bonds. The van der Waals surface area contributed by atoms with Crippen LogP contribution in [0.15, 0.2) is 18.2 Å². The first kappa shape index (κ1) is 21.6. The van der Waals surface area contributed by atoms with E-state index in [1.54, 1.807) is 4.90 Å². The van der Waals surface area contributed by atoms with Crippen molar-refractivity contribution in [3.63, 3.8) is 0 Å². The zero-order chi connectivity index (χ0) is 22.8. The summed E-state index contributed by atoms with van der Waals surface area (Å²) in [6, 6.07) is 5.53. The third-order valence-corrected chi connectivity index (χ3v) is 5.69. The molecule has 170 valence electrons. The fourth-order valence-corrected chi connectivity index (χ4v) is 4.18. The van der Waals surface area contributed by atoms with Crippen molar-refractivity contribution < 1.29 is 28.7 Å². The summed E-state index contributed by atoms with van der Waals surface area (Å²) in [7, 11) is 0. The van der Waals surface area contributed by atoms with E-state index in [0.29, 0.717) is 31.3 Å². The maximum Gasteiger partial charge on any atom is 0.328 e. The number of benzene rings is 1. The molecule has 11 nitrogen and oxygen atoms in total. The maximum absolute atomic E-state index is 12.8. The molecular formula is C21H24N4O7. The molecule has 2 aromatic rings. The van der Waals surface area contributed by atoms with E-state index in [-0.39, 0.29) is 35.6 Å². The van der Waals surface area contributed by atoms with E-state index in [1.165, 1.54) is 18.5 Å². The van der Waals surface area contributed by atoms with Gasteiger partial charge < -0.3 is 19.1 Å². The van der Waals surface area contributed by atoms with Gasteiger partial charge in [-0.3, -0.25) is 24.4 Å². The number of carbonyl (C=O) groups is 2. The Bertz CT molecular complexity index is 1060. The lowest BCUT2D eigenvalue weighted by Crippen LogP contribution is -2.34. The van der Waals surface area contributed by atoms with Crippen LogP contribution < -0.4 is 9.47 Å². The van der Waals surface area contributed by atoms with Crippen molar-refractivity contribution in [1.82, 2.24) is 14.7 Å². The Balaban J connectivity index is 1.37. The highest BCUT2D eigenvalue weighted by Gasteiger charge is 2.31. The number of nitrogens with zero attached hydrogens (tertiary/aromatic N) is 4. The van der Waals surface area contributed by atoms with Crippen molar-refractivity contribution in [3.05, 3.63) is 45.3 Å². The van der Waals surface area contributed by atoms with E-state index >= 15 is 0 Å².